The molecule has 2 rings (SSSR count). The summed E-state index contributed by atoms with van der Waals surface area (Å²) in [7, 11) is 2.15. The lowest BCUT2D eigenvalue weighted by Crippen LogP contribution is -2.47. The molecule has 1 nitrogen and oxygen atoms in total. The van der Waals surface area contributed by atoms with Gasteiger partial charge in [0.05, 0.1) is 0 Å². The Morgan fingerprint density at radius 1 is 1.40 bits per heavy atom. The molecule has 1 aliphatic heterocycles. The lowest BCUT2D eigenvalue weighted by atomic mass is 9.67. The molecule has 0 radical (unpaired) electrons. The van der Waals surface area contributed by atoms with Crippen molar-refractivity contribution in [3.63, 3.8) is 0 Å². The van der Waals surface area contributed by atoms with Crippen LogP contribution in [-0.2, 0) is 0 Å². The van der Waals surface area contributed by atoms with E-state index >= 15 is 0 Å². The molecule has 0 unspecified atom stereocenters. The standard InChI is InChI=1S/C11H20FN.C2H6/c1-4-10(2)8-13(3)6-5-11(10)7-9(11)12;1-2/h9H,4-8H2,1-3H3;1-2H3/t9-,10-,11+;/m1./s1. The van der Waals surface area contributed by atoms with Gasteiger partial charge in [0.25, 0.3) is 0 Å². The molecular formula is C13H26FN. The zero-order chi connectivity index (χ0) is 11.7. The molecule has 1 heterocycles. The van der Waals surface area contributed by atoms with E-state index in [1.807, 2.05) is 13.8 Å². The Kier molecular flexibility index (Phi) is 3.80. The maximum Gasteiger partial charge on any atom is 0.107 e. The van der Waals surface area contributed by atoms with Crippen LogP contribution in [0.25, 0.3) is 0 Å². The smallest absolute Gasteiger partial charge is 0.107 e. The predicted octanol–water partition coefficient (Wildman–Crippen LogP) is 3.49. The van der Waals surface area contributed by atoms with Crippen LogP contribution in [0.15, 0.2) is 0 Å². The Balaban J connectivity index is 0.000000531. The molecule has 1 aliphatic carbocycles. The lowest BCUT2D eigenvalue weighted by Gasteiger charge is -2.45. The van der Waals surface area contributed by atoms with E-state index < -0.39 is 6.17 Å². The van der Waals surface area contributed by atoms with Gasteiger partial charge in [-0.1, -0.05) is 27.7 Å². The largest absolute Gasteiger partial charge is 0.306 e. The summed E-state index contributed by atoms with van der Waals surface area (Å²) in [6.07, 6.45) is 2.49. The number of halogens is 1. The van der Waals surface area contributed by atoms with Crippen molar-refractivity contribution in [2.45, 2.75) is 53.1 Å². The molecule has 0 N–H and O–H groups in total. The minimum atomic E-state index is -0.508. The number of alkyl halides is 1. The first-order valence-electron chi connectivity index (χ1n) is 6.37. The van der Waals surface area contributed by atoms with E-state index in [4.69, 9.17) is 0 Å². The Labute approximate surface area is 94.0 Å². The van der Waals surface area contributed by atoms with Gasteiger partial charge in [0.1, 0.15) is 6.17 Å². The molecule has 0 aromatic carbocycles. The SMILES string of the molecule is CC.CC[C@]1(C)CN(C)CC[C@@]12C[C@H]2F. The molecule has 1 saturated carbocycles. The second-order valence-electron chi connectivity index (χ2n) is 5.23. The minimum absolute atomic E-state index is 0.0637. The normalized spacial score (nSPS) is 44.8. The Bertz CT molecular complexity index is 219. The van der Waals surface area contributed by atoms with Crippen LogP contribution < -0.4 is 0 Å². The number of nitrogens with zero attached hydrogens (tertiary/aromatic N) is 1. The topological polar surface area (TPSA) is 3.24 Å². The predicted molar refractivity (Wildman–Crippen MR) is 63.8 cm³/mol. The van der Waals surface area contributed by atoms with Crippen LogP contribution in [0.4, 0.5) is 4.39 Å². The van der Waals surface area contributed by atoms with E-state index in [2.05, 4.69) is 25.8 Å². The Morgan fingerprint density at radius 3 is 2.33 bits per heavy atom. The van der Waals surface area contributed by atoms with Crippen molar-refractivity contribution in [2.75, 3.05) is 20.1 Å². The molecule has 2 heteroatoms. The third kappa shape index (κ3) is 1.93. The van der Waals surface area contributed by atoms with Crippen molar-refractivity contribution < 1.29 is 4.39 Å². The summed E-state index contributed by atoms with van der Waals surface area (Å²) in [5.41, 5.74) is 0.285. The maximum atomic E-state index is 13.4. The highest BCUT2D eigenvalue weighted by Gasteiger charge is 2.65. The van der Waals surface area contributed by atoms with Crippen molar-refractivity contribution >= 4 is 0 Å². The number of piperidine rings is 1. The van der Waals surface area contributed by atoms with Gasteiger partial charge in [-0.3, -0.25) is 0 Å². The first kappa shape index (κ1) is 13.0. The summed E-state index contributed by atoms with van der Waals surface area (Å²) < 4.78 is 13.4. The highest BCUT2D eigenvalue weighted by molar-refractivity contribution is 5.14. The molecule has 0 amide bonds. The maximum absolute atomic E-state index is 13.4. The van der Waals surface area contributed by atoms with E-state index in [0.717, 1.165) is 32.4 Å². The van der Waals surface area contributed by atoms with Crippen molar-refractivity contribution in [1.82, 2.24) is 4.90 Å². The summed E-state index contributed by atoms with van der Waals surface area (Å²) in [5.74, 6) is 0. The highest BCUT2D eigenvalue weighted by Crippen LogP contribution is 2.65. The number of likely N-dealkylation sites (tertiary alicyclic amines) is 1. The number of rotatable bonds is 1. The summed E-state index contributed by atoms with van der Waals surface area (Å²) in [6, 6.07) is 0. The average molecular weight is 215 g/mol. The molecule has 1 saturated heterocycles. The molecule has 0 bridgehead atoms. The fourth-order valence-electron chi connectivity index (χ4n) is 3.13. The quantitative estimate of drug-likeness (QED) is 0.647. The Hall–Kier alpha value is -0.110. The van der Waals surface area contributed by atoms with Crippen molar-refractivity contribution in [3.8, 4) is 0 Å². The van der Waals surface area contributed by atoms with Gasteiger partial charge in [0, 0.05) is 12.0 Å². The molecule has 1 spiro atoms. The van der Waals surface area contributed by atoms with Gasteiger partial charge in [-0.05, 0) is 38.3 Å². The molecule has 0 aromatic heterocycles. The lowest BCUT2D eigenvalue weighted by molar-refractivity contribution is 0.0185. The van der Waals surface area contributed by atoms with E-state index in [1.54, 1.807) is 0 Å². The first-order valence-corrected chi connectivity index (χ1v) is 6.37. The van der Waals surface area contributed by atoms with E-state index in [-0.39, 0.29) is 10.8 Å². The van der Waals surface area contributed by atoms with Gasteiger partial charge in [0.15, 0.2) is 0 Å². The fraction of sp³-hybridized carbons (Fsp3) is 1.00. The van der Waals surface area contributed by atoms with Gasteiger partial charge in [-0.15, -0.1) is 0 Å². The van der Waals surface area contributed by atoms with Crippen LogP contribution in [-0.4, -0.2) is 31.2 Å². The van der Waals surface area contributed by atoms with E-state index in [0.29, 0.717) is 0 Å². The second-order valence-corrected chi connectivity index (χ2v) is 5.23. The monoisotopic (exact) mass is 215 g/mol. The van der Waals surface area contributed by atoms with Gasteiger partial charge in [-0.2, -0.15) is 0 Å². The molecular weight excluding hydrogens is 189 g/mol. The molecule has 2 fully saturated rings. The third-order valence-corrected chi connectivity index (χ3v) is 4.52. The highest BCUT2D eigenvalue weighted by atomic mass is 19.1. The average Bonchev–Trinajstić information content (AvgIpc) is 2.89. The summed E-state index contributed by atoms with van der Waals surface area (Å²) >= 11 is 0. The summed E-state index contributed by atoms with van der Waals surface area (Å²) in [4.78, 5) is 2.35. The van der Waals surface area contributed by atoms with Gasteiger partial charge >= 0.3 is 0 Å². The molecule has 0 aromatic rings. The van der Waals surface area contributed by atoms with Crippen LogP contribution in [0.3, 0.4) is 0 Å². The van der Waals surface area contributed by atoms with Crippen molar-refractivity contribution in [1.29, 1.82) is 0 Å². The minimum Gasteiger partial charge on any atom is -0.306 e. The van der Waals surface area contributed by atoms with Crippen molar-refractivity contribution in [3.05, 3.63) is 0 Å². The van der Waals surface area contributed by atoms with Crippen LogP contribution in [0.5, 0.6) is 0 Å². The van der Waals surface area contributed by atoms with Gasteiger partial charge in [-0.25, -0.2) is 4.39 Å². The van der Waals surface area contributed by atoms with Gasteiger partial charge < -0.3 is 4.90 Å². The first-order chi connectivity index (χ1) is 7.04. The van der Waals surface area contributed by atoms with E-state index in [1.165, 1.54) is 0 Å². The number of hydrogen-bond acceptors (Lipinski definition) is 1. The number of hydrogen-bond donors (Lipinski definition) is 0. The summed E-state index contributed by atoms with van der Waals surface area (Å²) in [6.45, 7) is 10.6. The zero-order valence-electron chi connectivity index (χ0n) is 10.9. The van der Waals surface area contributed by atoms with Crippen LogP contribution in [0.1, 0.15) is 47.0 Å². The van der Waals surface area contributed by atoms with E-state index in [9.17, 15) is 4.39 Å². The van der Waals surface area contributed by atoms with Crippen molar-refractivity contribution in [2.24, 2.45) is 10.8 Å². The molecule has 2 aliphatic rings. The fourth-order valence-corrected chi connectivity index (χ4v) is 3.13. The second kappa shape index (κ2) is 4.40. The summed E-state index contributed by atoms with van der Waals surface area (Å²) in [5, 5.41) is 0. The molecule has 90 valence electrons. The zero-order valence-corrected chi connectivity index (χ0v) is 10.9. The van der Waals surface area contributed by atoms with Crippen LogP contribution in [0.2, 0.25) is 0 Å². The van der Waals surface area contributed by atoms with Gasteiger partial charge in [0.2, 0.25) is 0 Å². The van der Waals surface area contributed by atoms with Crippen LogP contribution in [0, 0.1) is 10.8 Å². The molecule has 15 heavy (non-hydrogen) atoms. The van der Waals surface area contributed by atoms with Crippen LogP contribution >= 0.6 is 0 Å². The molecule has 3 atom stereocenters. The Morgan fingerprint density at radius 2 is 1.93 bits per heavy atom. The third-order valence-electron chi connectivity index (χ3n) is 4.52.